The molecule has 0 aromatic heterocycles. The van der Waals surface area contributed by atoms with Crippen LogP contribution in [0.2, 0.25) is 0 Å². The van der Waals surface area contributed by atoms with Crippen LogP contribution >= 0.6 is 0 Å². The van der Waals surface area contributed by atoms with E-state index in [-0.39, 0.29) is 18.2 Å². The Bertz CT molecular complexity index is 833. The van der Waals surface area contributed by atoms with Crippen molar-refractivity contribution in [3.8, 4) is 11.5 Å². The van der Waals surface area contributed by atoms with Gasteiger partial charge < -0.3 is 14.7 Å². The Hall–Kier alpha value is -3.02. The van der Waals surface area contributed by atoms with Gasteiger partial charge in [0, 0.05) is 17.8 Å². The van der Waals surface area contributed by atoms with E-state index in [1.54, 1.807) is 32.2 Å². The van der Waals surface area contributed by atoms with Gasteiger partial charge >= 0.3 is 0 Å². The number of phenolic OH excluding ortho intramolecular Hbond substituents is 1. The number of anilines is 1. The Balaban J connectivity index is 1.67. The number of amides is 1. The lowest BCUT2D eigenvalue weighted by Crippen LogP contribution is -2.38. The predicted molar refractivity (Wildman–Crippen MR) is 102 cm³/mol. The quantitative estimate of drug-likeness (QED) is 0.640. The third kappa shape index (κ3) is 3.96. The molecule has 0 atom stereocenters. The lowest BCUT2D eigenvalue weighted by Gasteiger charge is -2.30. The van der Waals surface area contributed by atoms with Gasteiger partial charge in [-0.25, -0.2) is 5.43 Å². The second-order valence-corrected chi connectivity index (χ2v) is 6.27. The van der Waals surface area contributed by atoms with Crippen LogP contribution in [0.15, 0.2) is 47.6 Å². The van der Waals surface area contributed by atoms with Crippen molar-refractivity contribution >= 4 is 17.3 Å². The molecule has 6 nitrogen and oxygen atoms in total. The summed E-state index contributed by atoms with van der Waals surface area (Å²) in [5.41, 5.74) is 5.99. The van der Waals surface area contributed by atoms with E-state index in [4.69, 9.17) is 4.74 Å². The van der Waals surface area contributed by atoms with Gasteiger partial charge in [-0.15, -0.1) is 0 Å². The maximum atomic E-state index is 12.3. The highest BCUT2D eigenvalue weighted by molar-refractivity contribution is 6.02. The Morgan fingerprint density at radius 2 is 2.12 bits per heavy atom. The molecule has 26 heavy (non-hydrogen) atoms. The van der Waals surface area contributed by atoms with Crippen molar-refractivity contribution < 1.29 is 14.6 Å². The average molecular weight is 353 g/mol. The molecule has 0 saturated carbocycles. The first-order valence-electron chi connectivity index (χ1n) is 8.62. The van der Waals surface area contributed by atoms with Crippen molar-refractivity contribution in [1.82, 2.24) is 5.43 Å². The summed E-state index contributed by atoms with van der Waals surface area (Å²) in [6, 6.07) is 13.1. The SMILES string of the molecule is COc1ccc(O)c(/C(C)=N/NC(=O)CN2CCCc3ccccc32)c1. The summed E-state index contributed by atoms with van der Waals surface area (Å²) in [7, 11) is 1.56. The van der Waals surface area contributed by atoms with Crippen LogP contribution in [0.25, 0.3) is 0 Å². The molecule has 0 saturated heterocycles. The number of hydrogen-bond acceptors (Lipinski definition) is 5. The number of aryl methyl sites for hydroxylation is 1. The van der Waals surface area contributed by atoms with E-state index in [9.17, 15) is 9.90 Å². The van der Waals surface area contributed by atoms with Crippen molar-refractivity contribution in [3.05, 3.63) is 53.6 Å². The van der Waals surface area contributed by atoms with Crippen LogP contribution in [-0.4, -0.2) is 36.9 Å². The Morgan fingerprint density at radius 1 is 1.31 bits per heavy atom. The number of carbonyl (C=O) groups is 1. The molecule has 2 aromatic carbocycles. The zero-order valence-electron chi connectivity index (χ0n) is 15.0. The first-order chi connectivity index (χ1) is 12.6. The Kier molecular flexibility index (Phi) is 5.41. The topological polar surface area (TPSA) is 74.2 Å². The number of benzene rings is 2. The van der Waals surface area contributed by atoms with E-state index < -0.39 is 0 Å². The summed E-state index contributed by atoms with van der Waals surface area (Å²) in [6.07, 6.45) is 2.07. The van der Waals surface area contributed by atoms with Gasteiger partial charge in [-0.2, -0.15) is 5.10 Å². The highest BCUT2D eigenvalue weighted by Crippen LogP contribution is 2.26. The molecule has 1 heterocycles. The minimum atomic E-state index is -0.191. The largest absolute Gasteiger partial charge is 0.507 e. The number of fused-ring (bicyclic) bond motifs is 1. The maximum absolute atomic E-state index is 12.3. The normalized spacial score (nSPS) is 13.9. The zero-order valence-corrected chi connectivity index (χ0v) is 15.0. The van der Waals surface area contributed by atoms with Crippen LogP contribution in [-0.2, 0) is 11.2 Å². The number of phenols is 1. The van der Waals surface area contributed by atoms with Gasteiger partial charge in [-0.1, -0.05) is 18.2 Å². The predicted octanol–water partition coefficient (Wildman–Crippen LogP) is 2.69. The molecule has 136 valence electrons. The summed E-state index contributed by atoms with van der Waals surface area (Å²) in [4.78, 5) is 14.4. The number of hydrazone groups is 1. The van der Waals surface area contributed by atoms with Gasteiger partial charge in [0.2, 0.25) is 0 Å². The van der Waals surface area contributed by atoms with Crippen LogP contribution in [0.3, 0.4) is 0 Å². The summed E-state index contributed by atoms with van der Waals surface area (Å²) in [5.74, 6) is 0.512. The molecule has 0 bridgehead atoms. The lowest BCUT2D eigenvalue weighted by atomic mass is 10.0. The number of aromatic hydroxyl groups is 1. The molecule has 1 aliphatic heterocycles. The highest BCUT2D eigenvalue weighted by atomic mass is 16.5. The zero-order chi connectivity index (χ0) is 18.5. The molecule has 0 radical (unpaired) electrons. The van der Waals surface area contributed by atoms with Gasteiger partial charge in [0.15, 0.2) is 0 Å². The monoisotopic (exact) mass is 353 g/mol. The molecule has 0 fully saturated rings. The Morgan fingerprint density at radius 3 is 2.92 bits per heavy atom. The Labute approximate surface area is 153 Å². The second kappa shape index (κ2) is 7.91. The third-order valence-corrected chi connectivity index (χ3v) is 4.48. The molecule has 0 aliphatic carbocycles. The smallest absolute Gasteiger partial charge is 0.259 e. The number of methoxy groups -OCH3 is 1. The summed E-state index contributed by atoms with van der Waals surface area (Å²) in [5, 5.41) is 14.1. The van der Waals surface area contributed by atoms with Crippen molar-refractivity contribution in [3.63, 3.8) is 0 Å². The summed E-state index contributed by atoms with van der Waals surface area (Å²) >= 11 is 0. The van der Waals surface area contributed by atoms with E-state index in [1.807, 2.05) is 18.2 Å². The van der Waals surface area contributed by atoms with Gasteiger partial charge in [0.1, 0.15) is 11.5 Å². The van der Waals surface area contributed by atoms with Crippen LogP contribution in [0, 0.1) is 0 Å². The number of carbonyl (C=O) groups excluding carboxylic acids is 1. The van der Waals surface area contributed by atoms with E-state index in [1.165, 1.54) is 5.56 Å². The molecule has 0 unspecified atom stereocenters. The molecule has 1 amide bonds. The highest BCUT2D eigenvalue weighted by Gasteiger charge is 2.18. The summed E-state index contributed by atoms with van der Waals surface area (Å²) in [6.45, 7) is 2.83. The van der Waals surface area contributed by atoms with Gasteiger partial charge in [0.25, 0.3) is 5.91 Å². The molecule has 3 rings (SSSR count). The van der Waals surface area contributed by atoms with Gasteiger partial charge in [0.05, 0.1) is 19.4 Å². The number of ether oxygens (including phenoxy) is 1. The van der Waals surface area contributed by atoms with E-state index in [0.717, 1.165) is 25.1 Å². The van der Waals surface area contributed by atoms with Crippen LogP contribution < -0.4 is 15.1 Å². The number of para-hydroxylation sites is 1. The van der Waals surface area contributed by atoms with Crippen molar-refractivity contribution in [2.45, 2.75) is 19.8 Å². The molecular weight excluding hydrogens is 330 g/mol. The first-order valence-corrected chi connectivity index (χ1v) is 8.62. The lowest BCUT2D eigenvalue weighted by molar-refractivity contribution is -0.119. The fourth-order valence-corrected chi connectivity index (χ4v) is 3.12. The minimum absolute atomic E-state index is 0.0891. The minimum Gasteiger partial charge on any atom is -0.507 e. The fraction of sp³-hybridized carbons (Fsp3) is 0.300. The number of rotatable bonds is 5. The molecule has 0 spiro atoms. The van der Waals surface area contributed by atoms with Crippen LogP contribution in [0.1, 0.15) is 24.5 Å². The van der Waals surface area contributed by atoms with Crippen LogP contribution in [0.4, 0.5) is 5.69 Å². The number of nitrogens with zero attached hydrogens (tertiary/aromatic N) is 2. The van der Waals surface area contributed by atoms with Gasteiger partial charge in [-0.05, 0) is 49.6 Å². The first kappa shape index (κ1) is 17.8. The van der Waals surface area contributed by atoms with E-state index in [2.05, 4.69) is 21.5 Å². The molecule has 2 N–H and O–H groups in total. The van der Waals surface area contributed by atoms with E-state index >= 15 is 0 Å². The third-order valence-electron chi connectivity index (χ3n) is 4.48. The summed E-state index contributed by atoms with van der Waals surface area (Å²) < 4.78 is 5.16. The van der Waals surface area contributed by atoms with Crippen molar-refractivity contribution in [1.29, 1.82) is 0 Å². The maximum Gasteiger partial charge on any atom is 0.259 e. The molecule has 2 aromatic rings. The van der Waals surface area contributed by atoms with E-state index in [0.29, 0.717) is 17.0 Å². The number of hydrogen-bond donors (Lipinski definition) is 2. The fourth-order valence-electron chi connectivity index (χ4n) is 3.12. The molecule has 1 aliphatic rings. The second-order valence-electron chi connectivity index (χ2n) is 6.27. The van der Waals surface area contributed by atoms with Crippen molar-refractivity contribution in [2.75, 3.05) is 25.1 Å². The average Bonchev–Trinajstić information content (AvgIpc) is 2.67. The van der Waals surface area contributed by atoms with Gasteiger partial charge in [-0.3, -0.25) is 4.79 Å². The molecule has 6 heteroatoms. The van der Waals surface area contributed by atoms with Crippen LogP contribution in [0.5, 0.6) is 11.5 Å². The number of nitrogens with one attached hydrogen (secondary N) is 1. The molecular formula is C20H23N3O3. The standard InChI is InChI=1S/C20H23N3O3/c1-14(17-12-16(26-2)9-10-19(17)24)21-22-20(25)13-23-11-5-7-15-6-3-4-8-18(15)23/h3-4,6,8-10,12,24H,5,7,11,13H2,1-2H3,(H,22,25)/b21-14+. The van der Waals surface area contributed by atoms with Crippen molar-refractivity contribution in [2.24, 2.45) is 5.10 Å².